The fourth-order valence-corrected chi connectivity index (χ4v) is 8.54. The molecule has 2 aliphatic heterocycles. The van der Waals surface area contributed by atoms with Crippen LogP contribution in [-0.2, 0) is 19.4 Å². The van der Waals surface area contributed by atoms with Crippen LogP contribution in [0.4, 0.5) is 0 Å². The van der Waals surface area contributed by atoms with Crippen molar-refractivity contribution < 1.29 is 17.2 Å². The molecule has 1 saturated heterocycles. The van der Waals surface area contributed by atoms with Crippen LogP contribution >= 0.6 is 20.2 Å². The summed E-state index contributed by atoms with van der Waals surface area (Å²) in [5.74, 6) is -0.204. The summed E-state index contributed by atoms with van der Waals surface area (Å²) in [6.45, 7) is 8.23. The van der Waals surface area contributed by atoms with E-state index in [9.17, 15) is 4.79 Å². The first-order valence-corrected chi connectivity index (χ1v) is 12.7. The summed E-state index contributed by atoms with van der Waals surface area (Å²) in [6.07, 6.45) is 2.11. The molecule has 5 rings (SSSR count). The molecule has 3 heterocycles. The molecule has 0 radical (unpaired) electrons. The zero-order valence-corrected chi connectivity index (χ0v) is 19.3. The Morgan fingerprint density at radius 2 is 1.66 bits per heavy atom. The summed E-state index contributed by atoms with van der Waals surface area (Å²) in [7, 11) is 1.61. The molecule has 0 unspecified atom stereocenters. The Morgan fingerprint density at radius 3 is 2.38 bits per heavy atom. The quantitative estimate of drug-likeness (QED) is 0.391. The fourth-order valence-electron chi connectivity index (χ4n) is 3.70. The zero-order chi connectivity index (χ0) is 20.6. The number of rotatable bonds is 2. The molecule has 2 aromatic carbocycles. The van der Waals surface area contributed by atoms with E-state index in [1.54, 1.807) is 0 Å². The first-order valence-electron chi connectivity index (χ1n) is 9.64. The average Bonchev–Trinajstić information content (AvgIpc) is 3.25. The first-order chi connectivity index (χ1) is 13.7. The molecule has 7 heteroatoms. The van der Waals surface area contributed by atoms with Gasteiger partial charge in [0.2, 0.25) is 0 Å². The van der Waals surface area contributed by atoms with Gasteiger partial charge in [0.25, 0.3) is 0 Å². The van der Waals surface area contributed by atoms with Gasteiger partial charge in [0.1, 0.15) is 0 Å². The molecule has 29 heavy (non-hydrogen) atoms. The van der Waals surface area contributed by atoms with Crippen LogP contribution in [0, 0.1) is 7.14 Å². The number of fused-ring (bicyclic) bond motifs is 2. The number of carbonyl (C=O) groups is 1. The number of halogens is 1. The molecule has 0 aliphatic carbocycles. The van der Waals surface area contributed by atoms with Crippen LogP contribution in [0.25, 0.3) is 10.9 Å². The van der Waals surface area contributed by atoms with E-state index in [1.807, 2.05) is 31.3 Å². The van der Waals surface area contributed by atoms with Crippen LogP contribution in [-0.4, -0.2) is 28.9 Å². The standard InChI is InChI=1S/C22H23BINO4/c1-21(2)22(3,4)29-23(28-21)14-10-11-19-16(12-14)18(13-25(19)5)24-17-9-7-6-8-15(17)20(26)27-24/h6-13H,1-5H3. The maximum atomic E-state index is 12.4. The van der Waals surface area contributed by atoms with Crippen molar-refractivity contribution in [1.29, 1.82) is 0 Å². The Hall–Kier alpha value is -1.84. The van der Waals surface area contributed by atoms with Gasteiger partial charge in [0, 0.05) is 0 Å². The molecule has 0 atom stereocenters. The molecule has 0 saturated carbocycles. The monoisotopic (exact) mass is 503 g/mol. The minimum atomic E-state index is -2.30. The molecule has 1 aromatic heterocycles. The number of hydrogen-bond donors (Lipinski definition) is 0. The van der Waals surface area contributed by atoms with Crippen molar-refractivity contribution in [2.75, 3.05) is 0 Å². The van der Waals surface area contributed by atoms with E-state index in [-0.39, 0.29) is 17.2 Å². The van der Waals surface area contributed by atoms with Gasteiger partial charge >= 0.3 is 179 Å². The molecule has 0 amide bonds. The van der Waals surface area contributed by atoms with Gasteiger partial charge in [-0.25, -0.2) is 0 Å². The Labute approximate surface area is 178 Å². The van der Waals surface area contributed by atoms with E-state index in [4.69, 9.17) is 12.4 Å². The van der Waals surface area contributed by atoms with Crippen LogP contribution < -0.4 is 5.46 Å². The maximum absolute atomic E-state index is 12.4. The van der Waals surface area contributed by atoms with Gasteiger partial charge in [-0.1, -0.05) is 0 Å². The Balaban J connectivity index is 1.61. The van der Waals surface area contributed by atoms with Crippen LogP contribution in [0.15, 0.2) is 48.7 Å². The van der Waals surface area contributed by atoms with Crippen molar-refractivity contribution in [2.24, 2.45) is 7.05 Å². The molecular formula is C22H23BINO4. The summed E-state index contributed by atoms with van der Waals surface area (Å²) in [6, 6.07) is 14.0. The average molecular weight is 503 g/mol. The van der Waals surface area contributed by atoms with Gasteiger partial charge in [-0.2, -0.15) is 0 Å². The van der Waals surface area contributed by atoms with Crippen molar-refractivity contribution in [1.82, 2.24) is 4.57 Å². The van der Waals surface area contributed by atoms with Crippen molar-refractivity contribution in [2.45, 2.75) is 38.9 Å². The normalized spacial score (nSPS) is 20.9. The second kappa shape index (κ2) is 6.33. The topological polar surface area (TPSA) is 49.7 Å². The molecule has 2 aliphatic rings. The van der Waals surface area contributed by atoms with E-state index < -0.39 is 27.4 Å². The SMILES string of the molecule is Cn1cc(I2OC(=O)c3ccccc32)c2cc(B3OC(C)(C)C(C)(C)O3)ccc21. The second-order valence-electron chi connectivity index (χ2n) is 8.55. The molecule has 0 N–H and O–H groups in total. The van der Waals surface area contributed by atoms with E-state index in [0.29, 0.717) is 5.56 Å². The van der Waals surface area contributed by atoms with Crippen molar-refractivity contribution in [3.8, 4) is 0 Å². The zero-order valence-electron chi connectivity index (χ0n) is 17.2. The summed E-state index contributed by atoms with van der Waals surface area (Å²) in [5, 5.41) is 1.11. The molecule has 0 spiro atoms. The summed E-state index contributed by atoms with van der Waals surface area (Å²) >= 11 is -2.30. The van der Waals surface area contributed by atoms with E-state index in [0.717, 1.165) is 23.5 Å². The Bertz CT molecular complexity index is 1140. The fraction of sp³-hybridized carbons (Fsp3) is 0.318. The molecular weight excluding hydrogens is 480 g/mol. The number of hydrogen-bond acceptors (Lipinski definition) is 4. The second-order valence-corrected chi connectivity index (χ2v) is 12.7. The van der Waals surface area contributed by atoms with Gasteiger partial charge in [-0.3, -0.25) is 0 Å². The van der Waals surface area contributed by atoms with Gasteiger partial charge in [0.15, 0.2) is 0 Å². The Kier molecular flexibility index (Phi) is 4.18. The van der Waals surface area contributed by atoms with Gasteiger partial charge in [0.05, 0.1) is 0 Å². The predicted molar refractivity (Wildman–Crippen MR) is 122 cm³/mol. The minimum absolute atomic E-state index is 0.204. The molecule has 3 aromatic rings. The van der Waals surface area contributed by atoms with Crippen LogP contribution in [0.1, 0.15) is 38.1 Å². The third-order valence-corrected chi connectivity index (χ3v) is 10.9. The first kappa shape index (κ1) is 19.1. The summed E-state index contributed by atoms with van der Waals surface area (Å²) in [4.78, 5) is 12.4. The predicted octanol–water partition coefficient (Wildman–Crippen LogP) is 4.11. The summed E-state index contributed by atoms with van der Waals surface area (Å²) in [5.41, 5.74) is 2.03. The van der Waals surface area contributed by atoms with Crippen molar-refractivity contribution in [3.63, 3.8) is 0 Å². The summed E-state index contributed by atoms with van der Waals surface area (Å²) < 4.78 is 22.7. The van der Waals surface area contributed by atoms with Gasteiger partial charge < -0.3 is 0 Å². The number of aryl methyl sites for hydroxylation is 1. The van der Waals surface area contributed by atoms with Crippen LogP contribution in [0.3, 0.4) is 0 Å². The van der Waals surface area contributed by atoms with Crippen molar-refractivity contribution in [3.05, 3.63) is 61.4 Å². The molecule has 150 valence electrons. The number of aromatic nitrogens is 1. The number of carbonyl (C=O) groups excluding carboxylic acids is 1. The third-order valence-electron chi connectivity index (χ3n) is 6.10. The van der Waals surface area contributed by atoms with Gasteiger partial charge in [-0.05, 0) is 0 Å². The van der Waals surface area contributed by atoms with Crippen molar-refractivity contribution >= 4 is 49.7 Å². The van der Waals surface area contributed by atoms with E-state index >= 15 is 0 Å². The third kappa shape index (κ3) is 2.85. The molecule has 0 bridgehead atoms. The van der Waals surface area contributed by atoms with Crippen LogP contribution in [0.5, 0.6) is 0 Å². The number of nitrogens with zero attached hydrogens (tertiary/aromatic N) is 1. The Morgan fingerprint density at radius 1 is 0.966 bits per heavy atom. The molecule has 5 nitrogen and oxygen atoms in total. The van der Waals surface area contributed by atoms with E-state index in [1.165, 1.54) is 0 Å². The number of benzene rings is 2. The van der Waals surface area contributed by atoms with Crippen LogP contribution in [0.2, 0.25) is 0 Å². The molecule has 1 fully saturated rings. The van der Waals surface area contributed by atoms with Gasteiger partial charge in [-0.15, -0.1) is 0 Å². The van der Waals surface area contributed by atoms with E-state index in [2.05, 4.69) is 56.7 Å².